The summed E-state index contributed by atoms with van der Waals surface area (Å²) in [6, 6.07) is 11.2. The molecule has 28 heavy (non-hydrogen) atoms. The smallest absolute Gasteiger partial charge is 0.496 e. The van der Waals surface area contributed by atoms with E-state index in [9.17, 15) is 18.8 Å². The number of benzene rings is 2. The molecule has 0 unspecified atom stereocenters. The van der Waals surface area contributed by atoms with Gasteiger partial charge in [-0.2, -0.15) is 0 Å². The third kappa shape index (κ3) is 4.40. The first kappa shape index (κ1) is 21.6. The Morgan fingerprint density at radius 3 is 2.39 bits per heavy atom. The first-order valence-corrected chi connectivity index (χ1v) is 8.10. The predicted molar refractivity (Wildman–Crippen MR) is 101 cm³/mol. The molecule has 138 valence electrons. The van der Waals surface area contributed by atoms with E-state index in [2.05, 4.69) is 0 Å². The fourth-order valence-corrected chi connectivity index (χ4v) is 2.94. The average Bonchev–Trinajstić information content (AvgIpc) is 3.02. The standard InChI is InChI=1S/C20H16FNO5.Mg/c1-27-18-4-2-3-15-19(18)14(16(23)9-17(24)20(25)26)11-22(15)10-12-5-7-13(21)8-6-12;/h2-8,11H,9-10H2,1H3,(H,25,26);/q;+2. The first-order valence-electron chi connectivity index (χ1n) is 8.10. The molecule has 0 atom stereocenters. The number of ether oxygens (including phenoxy) is 1. The minimum Gasteiger partial charge on any atom is -0.496 e. The molecule has 8 heteroatoms. The SMILES string of the molecule is COc1cccc2c1c(C(=O)CC(=O)C(=O)O)cn2Cc1ccc(F)cc1.[Mg+2]. The summed E-state index contributed by atoms with van der Waals surface area (Å²) in [5.74, 6) is -3.33. The van der Waals surface area contributed by atoms with Crippen molar-refractivity contribution >= 4 is 51.5 Å². The zero-order chi connectivity index (χ0) is 19.6. The molecule has 3 rings (SSSR count). The third-order valence-corrected chi connectivity index (χ3v) is 4.21. The Kier molecular flexibility index (Phi) is 6.93. The molecular formula is C20H16FMgNO5+2. The molecule has 1 N–H and O–H groups in total. The molecule has 1 heterocycles. The number of fused-ring (bicyclic) bond motifs is 1. The largest absolute Gasteiger partial charge is 2.00 e. The summed E-state index contributed by atoms with van der Waals surface area (Å²) in [7, 11) is 1.46. The zero-order valence-electron chi connectivity index (χ0n) is 15.1. The molecule has 0 bridgehead atoms. The zero-order valence-corrected chi connectivity index (χ0v) is 16.6. The van der Waals surface area contributed by atoms with Crippen LogP contribution in [-0.4, -0.2) is 57.4 Å². The van der Waals surface area contributed by atoms with Crippen molar-refractivity contribution in [3.63, 3.8) is 0 Å². The number of hydrogen-bond donors (Lipinski definition) is 1. The van der Waals surface area contributed by atoms with E-state index in [-0.39, 0.29) is 34.4 Å². The second-order valence-electron chi connectivity index (χ2n) is 5.98. The Bertz CT molecular complexity index is 1040. The number of carboxylic acids is 1. The Morgan fingerprint density at radius 1 is 1.11 bits per heavy atom. The maximum Gasteiger partial charge on any atom is 2.00 e. The van der Waals surface area contributed by atoms with Crippen molar-refractivity contribution in [2.45, 2.75) is 13.0 Å². The van der Waals surface area contributed by atoms with Gasteiger partial charge in [0.05, 0.1) is 24.4 Å². The van der Waals surface area contributed by atoms with Crippen LogP contribution in [0.4, 0.5) is 4.39 Å². The predicted octanol–water partition coefficient (Wildman–Crippen LogP) is 2.68. The van der Waals surface area contributed by atoms with E-state index in [4.69, 9.17) is 9.84 Å². The molecule has 0 spiro atoms. The Labute approximate surface area is 176 Å². The van der Waals surface area contributed by atoms with Crippen molar-refractivity contribution in [1.82, 2.24) is 4.57 Å². The summed E-state index contributed by atoms with van der Waals surface area (Å²) < 4.78 is 20.2. The van der Waals surface area contributed by atoms with Crippen LogP contribution in [0.25, 0.3) is 10.9 Å². The molecule has 0 aliphatic heterocycles. The van der Waals surface area contributed by atoms with Gasteiger partial charge in [0.15, 0.2) is 5.78 Å². The van der Waals surface area contributed by atoms with Crippen molar-refractivity contribution in [2.24, 2.45) is 0 Å². The van der Waals surface area contributed by atoms with Crippen LogP contribution >= 0.6 is 0 Å². The van der Waals surface area contributed by atoms with E-state index in [1.807, 2.05) is 0 Å². The van der Waals surface area contributed by atoms with Gasteiger partial charge in [0.2, 0.25) is 5.78 Å². The summed E-state index contributed by atoms with van der Waals surface area (Å²) in [4.78, 5) is 34.8. The topological polar surface area (TPSA) is 85.6 Å². The van der Waals surface area contributed by atoms with Gasteiger partial charge in [0.1, 0.15) is 11.6 Å². The van der Waals surface area contributed by atoms with Crippen LogP contribution in [0.15, 0.2) is 48.7 Å². The summed E-state index contributed by atoms with van der Waals surface area (Å²) in [5.41, 5.74) is 1.71. The first-order chi connectivity index (χ1) is 12.9. The normalized spacial score (nSPS) is 10.4. The molecular weight excluding hydrogens is 378 g/mol. The number of hydrogen-bond acceptors (Lipinski definition) is 4. The van der Waals surface area contributed by atoms with Crippen molar-refractivity contribution in [2.75, 3.05) is 7.11 Å². The molecule has 6 nitrogen and oxygen atoms in total. The number of carbonyl (C=O) groups excluding carboxylic acids is 2. The summed E-state index contributed by atoms with van der Waals surface area (Å²) in [6.07, 6.45) is 0.830. The minimum absolute atomic E-state index is 0. The molecule has 0 aliphatic rings. The molecule has 3 aromatic rings. The number of rotatable bonds is 7. The molecule has 0 radical (unpaired) electrons. The molecule has 0 saturated heterocycles. The van der Waals surface area contributed by atoms with Crippen molar-refractivity contribution in [3.8, 4) is 5.75 Å². The average molecular weight is 394 g/mol. The van der Waals surface area contributed by atoms with E-state index < -0.39 is 24.0 Å². The number of carbonyl (C=O) groups is 3. The quantitative estimate of drug-likeness (QED) is 0.289. The monoisotopic (exact) mass is 393 g/mol. The number of aromatic nitrogens is 1. The molecule has 2 aromatic carbocycles. The number of aliphatic carboxylic acids is 1. The second-order valence-corrected chi connectivity index (χ2v) is 5.98. The number of ketones is 2. The molecule has 0 fully saturated rings. The molecule has 0 aliphatic carbocycles. The van der Waals surface area contributed by atoms with E-state index in [0.717, 1.165) is 5.56 Å². The second kappa shape index (κ2) is 8.98. The van der Waals surface area contributed by atoms with Crippen LogP contribution in [-0.2, 0) is 16.1 Å². The number of Topliss-reactive ketones (excluding diaryl/α,β-unsaturated/α-hetero) is 2. The van der Waals surface area contributed by atoms with Gasteiger partial charge in [-0.25, -0.2) is 9.18 Å². The minimum atomic E-state index is -1.65. The third-order valence-electron chi connectivity index (χ3n) is 4.21. The van der Waals surface area contributed by atoms with Gasteiger partial charge in [0.25, 0.3) is 0 Å². The Morgan fingerprint density at radius 2 is 1.79 bits per heavy atom. The van der Waals surface area contributed by atoms with Gasteiger partial charge in [-0.3, -0.25) is 9.59 Å². The molecule has 1 aromatic heterocycles. The van der Waals surface area contributed by atoms with Crippen LogP contribution in [0, 0.1) is 5.82 Å². The van der Waals surface area contributed by atoms with Crippen molar-refractivity contribution in [3.05, 3.63) is 65.6 Å². The van der Waals surface area contributed by atoms with Gasteiger partial charge in [0, 0.05) is 18.3 Å². The van der Waals surface area contributed by atoms with Gasteiger partial charge in [-0.05, 0) is 29.8 Å². The van der Waals surface area contributed by atoms with Crippen LogP contribution < -0.4 is 4.74 Å². The van der Waals surface area contributed by atoms with Crippen LogP contribution in [0.1, 0.15) is 22.3 Å². The Balaban J connectivity index is 0.00000280. The van der Waals surface area contributed by atoms with Crippen LogP contribution in [0.3, 0.4) is 0 Å². The van der Waals surface area contributed by atoms with E-state index in [1.54, 1.807) is 41.1 Å². The maximum absolute atomic E-state index is 13.1. The fourth-order valence-electron chi connectivity index (χ4n) is 2.94. The van der Waals surface area contributed by atoms with Gasteiger partial charge in [-0.15, -0.1) is 0 Å². The van der Waals surface area contributed by atoms with Crippen LogP contribution in [0.5, 0.6) is 5.75 Å². The number of halogens is 1. The molecule has 0 amide bonds. The van der Waals surface area contributed by atoms with Crippen LogP contribution in [0.2, 0.25) is 0 Å². The summed E-state index contributed by atoms with van der Waals surface area (Å²) >= 11 is 0. The van der Waals surface area contributed by atoms with E-state index >= 15 is 0 Å². The van der Waals surface area contributed by atoms with Crippen molar-refractivity contribution in [1.29, 1.82) is 0 Å². The van der Waals surface area contributed by atoms with Gasteiger partial charge < -0.3 is 14.4 Å². The fraction of sp³-hybridized carbons (Fsp3) is 0.150. The summed E-state index contributed by atoms with van der Waals surface area (Å²) in [6.45, 7) is 0.365. The number of carboxylic acid groups (broad SMARTS) is 1. The Hall–Kier alpha value is -2.71. The number of nitrogens with zero attached hydrogens (tertiary/aromatic N) is 1. The molecule has 0 saturated carbocycles. The summed E-state index contributed by atoms with van der Waals surface area (Å²) in [5, 5.41) is 9.26. The number of methoxy groups -OCH3 is 1. The van der Waals surface area contributed by atoms with Gasteiger partial charge in [-0.1, -0.05) is 18.2 Å². The van der Waals surface area contributed by atoms with Gasteiger partial charge >= 0.3 is 29.0 Å². The van der Waals surface area contributed by atoms with E-state index in [1.165, 1.54) is 19.2 Å². The van der Waals surface area contributed by atoms with Crippen molar-refractivity contribution < 1.29 is 28.6 Å². The maximum atomic E-state index is 13.1. The van der Waals surface area contributed by atoms with E-state index in [0.29, 0.717) is 23.2 Å².